The van der Waals surface area contributed by atoms with Crippen molar-refractivity contribution in [1.82, 2.24) is 8.87 Å². The third-order valence-electron chi connectivity index (χ3n) is 3.36. The number of pyridine rings is 1. The van der Waals surface area contributed by atoms with Gasteiger partial charge in [-0.2, -0.15) is 0 Å². The van der Waals surface area contributed by atoms with Crippen LogP contribution in [0.15, 0.2) is 39.5 Å². The number of methoxy groups -OCH3 is 1. The van der Waals surface area contributed by atoms with Gasteiger partial charge < -0.3 is 14.6 Å². The van der Waals surface area contributed by atoms with Crippen LogP contribution in [-0.4, -0.2) is 50.4 Å². The molecule has 0 fully saturated rings. The maximum Gasteiger partial charge on any atom is 0.350 e. The van der Waals surface area contributed by atoms with Crippen LogP contribution in [-0.2, 0) is 26.1 Å². The van der Waals surface area contributed by atoms with Crippen LogP contribution in [0.25, 0.3) is 0 Å². The van der Waals surface area contributed by atoms with E-state index in [2.05, 4.69) is 10.1 Å². The number of carbonyl (C=O) groups excluding carboxylic acids is 2. The van der Waals surface area contributed by atoms with Gasteiger partial charge in [0.15, 0.2) is 0 Å². The first kappa shape index (κ1) is 19.8. The number of carbonyl (C=O) groups is 2. The molecular formula is C15H17N3O6S2. The number of rotatable bonds is 6. The van der Waals surface area contributed by atoms with Gasteiger partial charge in [-0.25, -0.2) is 17.5 Å². The highest BCUT2D eigenvalue weighted by Crippen LogP contribution is 2.23. The Labute approximate surface area is 153 Å². The van der Waals surface area contributed by atoms with E-state index >= 15 is 0 Å². The number of ether oxygens (including phenoxy) is 1. The SMILES string of the molecule is COC(=O)c1sccc1NC(=O)Cn1cc(S(=O)(=O)N(C)C)ccc1=O. The number of thiophene rings is 1. The molecule has 1 amide bonds. The monoisotopic (exact) mass is 399 g/mol. The van der Waals surface area contributed by atoms with Crippen LogP contribution in [0.5, 0.6) is 0 Å². The van der Waals surface area contributed by atoms with Gasteiger partial charge in [0.25, 0.3) is 5.56 Å². The Bertz CT molecular complexity index is 991. The molecule has 0 saturated carbocycles. The first-order valence-corrected chi connectivity index (χ1v) is 9.57. The Kier molecular flexibility index (Phi) is 5.95. The summed E-state index contributed by atoms with van der Waals surface area (Å²) in [6.07, 6.45) is 1.10. The predicted octanol–water partition coefficient (Wildman–Crippen LogP) is 0.585. The van der Waals surface area contributed by atoms with Gasteiger partial charge in [0, 0.05) is 26.4 Å². The molecule has 0 atom stereocenters. The van der Waals surface area contributed by atoms with Gasteiger partial charge in [0.05, 0.1) is 17.7 Å². The molecule has 0 aliphatic rings. The number of aromatic nitrogens is 1. The number of esters is 1. The molecule has 0 aliphatic heterocycles. The molecule has 0 aromatic carbocycles. The van der Waals surface area contributed by atoms with Crippen molar-refractivity contribution < 1.29 is 22.7 Å². The molecule has 9 nitrogen and oxygen atoms in total. The van der Waals surface area contributed by atoms with E-state index in [0.717, 1.165) is 32.5 Å². The third-order valence-corrected chi connectivity index (χ3v) is 6.05. The molecule has 0 spiro atoms. The summed E-state index contributed by atoms with van der Waals surface area (Å²) in [5, 5.41) is 4.12. The molecule has 2 rings (SSSR count). The Morgan fingerprint density at radius 2 is 1.96 bits per heavy atom. The van der Waals surface area contributed by atoms with Crippen molar-refractivity contribution in [2.24, 2.45) is 0 Å². The van der Waals surface area contributed by atoms with Crippen molar-refractivity contribution >= 4 is 38.9 Å². The molecular weight excluding hydrogens is 382 g/mol. The Hall–Kier alpha value is -2.50. The molecule has 2 aromatic rings. The highest BCUT2D eigenvalue weighted by molar-refractivity contribution is 7.89. The van der Waals surface area contributed by atoms with E-state index in [9.17, 15) is 22.8 Å². The van der Waals surface area contributed by atoms with E-state index in [1.165, 1.54) is 33.3 Å². The van der Waals surface area contributed by atoms with Crippen molar-refractivity contribution in [2.45, 2.75) is 11.4 Å². The second-order valence-electron chi connectivity index (χ2n) is 5.32. The van der Waals surface area contributed by atoms with Crippen molar-refractivity contribution in [3.8, 4) is 0 Å². The van der Waals surface area contributed by atoms with Crippen LogP contribution >= 0.6 is 11.3 Å². The summed E-state index contributed by atoms with van der Waals surface area (Å²) in [6.45, 7) is -0.411. The molecule has 0 unspecified atom stereocenters. The fourth-order valence-corrected chi connectivity index (χ4v) is 3.69. The quantitative estimate of drug-likeness (QED) is 0.711. The molecule has 0 aliphatic carbocycles. The molecule has 11 heteroatoms. The zero-order valence-corrected chi connectivity index (χ0v) is 15.9. The fourth-order valence-electron chi connectivity index (χ4n) is 2.00. The lowest BCUT2D eigenvalue weighted by Crippen LogP contribution is -2.29. The maximum absolute atomic E-state index is 12.2. The van der Waals surface area contributed by atoms with Crippen LogP contribution in [0.1, 0.15) is 9.67 Å². The molecule has 1 N–H and O–H groups in total. The molecule has 0 radical (unpaired) electrons. The summed E-state index contributed by atoms with van der Waals surface area (Å²) < 4.78 is 30.9. The minimum Gasteiger partial charge on any atom is -0.465 e. The predicted molar refractivity (Wildman–Crippen MR) is 95.9 cm³/mol. The molecule has 2 aromatic heterocycles. The lowest BCUT2D eigenvalue weighted by Gasteiger charge is -2.13. The molecule has 0 saturated heterocycles. The number of sulfonamides is 1. The zero-order valence-electron chi connectivity index (χ0n) is 14.3. The smallest absolute Gasteiger partial charge is 0.350 e. The summed E-state index contributed by atoms with van der Waals surface area (Å²) in [5.74, 6) is -1.18. The summed E-state index contributed by atoms with van der Waals surface area (Å²) in [5.41, 5.74) is -0.270. The van der Waals surface area contributed by atoms with Crippen molar-refractivity contribution in [3.63, 3.8) is 0 Å². The number of anilines is 1. The topological polar surface area (TPSA) is 115 Å². The second-order valence-corrected chi connectivity index (χ2v) is 8.39. The summed E-state index contributed by atoms with van der Waals surface area (Å²) in [4.78, 5) is 35.9. The van der Waals surface area contributed by atoms with Crippen molar-refractivity contribution in [1.29, 1.82) is 0 Å². The number of nitrogens with one attached hydrogen (secondary N) is 1. The number of hydrogen-bond donors (Lipinski definition) is 1. The van der Waals surface area contributed by atoms with Crippen LogP contribution in [0, 0.1) is 0 Å². The Morgan fingerprint density at radius 3 is 2.58 bits per heavy atom. The molecule has 26 heavy (non-hydrogen) atoms. The first-order valence-electron chi connectivity index (χ1n) is 7.25. The molecule has 140 valence electrons. The highest BCUT2D eigenvalue weighted by Gasteiger charge is 2.19. The van der Waals surface area contributed by atoms with E-state index in [1.54, 1.807) is 5.38 Å². The van der Waals surface area contributed by atoms with Crippen LogP contribution in [0.4, 0.5) is 5.69 Å². The van der Waals surface area contributed by atoms with E-state index in [4.69, 9.17) is 0 Å². The largest absolute Gasteiger partial charge is 0.465 e. The van der Waals surface area contributed by atoms with Gasteiger partial charge in [0.2, 0.25) is 15.9 Å². The van der Waals surface area contributed by atoms with Crippen molar-refractivity contribution in [2.75, 3.05) is 26.5 Å². The zero-order chi connectivity index (χ0) is 19.5. The van der Waals surface area contributed by atoms with Gasteiger partial charge in [-0.1, -0.05) is 0 Å². The average molecular weight is 399 g/mol. The Morgan fingerprint density at radius 1 is 1.27 bits per heavy atom. The number of nitrogens with zero attached hydrogens (tertiary/aromatic N) is 2. The van der Waals surface area contributed by atoms with Gasteiger partial charge in [-0.3, -0.25) is 9.59 Å². The van der Waals surface area contributed by atoms with Crippen LogP contribution in [0.2, 0.25) is 0 Å². The average Bonchev–Trinajstić information content (AvgIpc) is 3.03. The molecule has 0 bridgehead atoms. The van der Waals surface area contributed by atoms with Gasteiger partial charge >= 0.3 is 5.97 Å². The normalized spacial score (nSPS) is 11.4. The highest BCUT2D eigenvalue weighted by atomic mass is 32.2. The van der Waals surface area contributed by atoms with E-state index in [0.29, 0.717) is 0 Å². The molecule has 2 heterocycles. The van der Waals surface area contributed by atoms with Crippen LogP contribution < -0.4 is 10.9 Å². The summed E-state index contributed by atoms with van der Waals surface area (Å²) in [7, 11) is 0.212. The van der Waals surface area contributed by atoms with Crippen molar-refractivity contribution in [3.05, 3.63) is 45.0 Å². The van der Waals surface area contributed by atoms with Gasteiger partial charge in [0.1, 0.15) is 11.4 Å². The lowest BCUT2D eigenvalue weighted by molar-refractivity contribution is -0.116. The maximum atomic E-state index is 12.2. The number of hydrogen-bond acceptors (Lipinski definition) is 7. The van der Waals surface area contributed by atoms with Gasteiger partial charge in [-0.15, -0.1) is 11.3 Å². The van der Waals surface area contributed by atoms with E-state index in [-0.39, 0.29) is 15.5 Å². The van der Waals surface area contributed by atoms with Gasteiger partial charge in [-0.05, 0) is 17.5 Å². The third kappa shape index (κ3) is 4.18. The summed E-state index contributed by atoms with van der Waals surface area (Å²) in [6, 6.07) is 3.79. The first-order chi connectivity index (χ1) is 12.2. The Balaban J connectivity index is 2.24. The summed E-state index contributed by atoms with van der Waals surface area (Å²) >= 11 is 1.10. The number of amides is 1. The van der Waals surface area contributed by atoms with E-state index < -0.39 is 34.0 Å². The lowest BCUT2D eigenvalue weighted by atomic mass is 10.3. The minimum atomic E-state index is -3.74. The fraction of sp³-hybridized carbons (Fsp3) is 0.267. The minimum absolute atomic E-state index is 0.110. The van der Waals surface area contributed by atoms with Crippen LogP contribution in [0.3, 0.4) is 0 Å². The second kappa shape index (κ2) is 7.81. The van der Waals surface area contributed by atoms with E-state index in [1.807, 2.05) is 0 Å². The standard InChI is InChI=1S/C15H17N3O6S2/c1-17(2)26(22,23)10-4-5-13(20)18(8-10)9-12(19)16-11-6-7-25-14(11)15(21)24-3/h4-8H,9H2,1-3H3,(H,16,19).